The first-order valence-corrected chi connectivity index (χ1v) is 16.6. The van der Waals surface area contributed by atoms with E-state index in [2.05, 4.69) is 88.8 Å². The average Bonchev–Trinajstić information content (AvgIpc) is 3.06. The quantitative estimate of drug-likeness (QED) is 0.163. The standard InChI is InChI=1S/C38H48N4O/c1-30-36(21-14-22-37(30)43-29-31-15-6-5-7-16-31)42-27-25-41(26-28-42)24-13-4-2-3-12-23-39-38-32-17-8-10-19-34(32)40-35-20-11-9-18-33(35)38/h5-8,10,14-17,19,21-22H,2-4,9,11-13,18,20,23-29H2,1H3,(H,39,40). The molecule has 2 heterocycles. The van der Waals surface area contributed by atoms with Crippen molar-refractivity contribution >= 4 is 22.3 Å². The zero-order valence-electron chi connectivity index (χ0n) is 26.0. The summed E-state index contributed by atoms with van der Waals surface area (Å²) in [6, 6.07) is 25.6. The molecule has 1 aliphatic heterocycles. The van der Waals surface area contributed by atoms with Crippen molar-refractivity contribution in [1.29, 1.82) is 0 Å². The molecule has 0 saturated carbocycles. The summed E-state index contributed by atoms with van der Waals surface area (Å²) in [5.41, 5.74) is 9.07. The molecule has 0 atom stereocenters. The zero-order chi connectivity index (χ0) is 29.3. The summed E-state index contributed by atoms with van der Waals surface area (Å²) >= 11 is 0. The highest BCUT2D eigenvalue weighted by atomic mass is 16.5. The molecule has 0 unspecified atom stereocenters. The molecule has 1 aliphatic carbocycles. The normalized spacial score (nSPS) is 15.4. The number of nitrogens with zero attached hydrogens (tertiary/aromatic N) is 3. The van der Waals surface area contributed by atoms with Crippen LogP contribution < -0.4 is 15.0 Å². The first-order valence-electron chi connectivity index (χ1n) is 16.6. The lowest BCUT2D eigenvalue weighted by Crippen LogP contribution is -2.46. The highest BCUT2D eigenvalue weighted by Crippen LogP contribution is 2.33. The lowest BCUT2D eigenvalue weighted by atomic mass is 9.92. The number of ether oxygens (including phenoxy) is 1. The van der Waals surface area contributed by atoms with Crippen LogP contribution in [0.2, 0.25) is 0 Å². The number of anilines is 2. The summed E-state index contributed by atoms with van der Waals surface area (Å²) in [7, 11) is 0. The van der Waals surface area contributed by atoms with Crippen LogP contribution in [-0.4, -0.2) is 49.2 Å². The number of rotatable bonds is 13. The lowest BCUT2D eigenvalue weighted by molar-refractivity contribution is 0.251. The van der Waals surface area contributed by atoms with Gasteiger partial charge in [0, 0.05) is 60.7 Å². The van der Waals surface area contributed by atoms with Gasteiger partial charge >= 0.3 is 0 Å². The second-order valence-corrected chi connectivity index (χ2v) is 12.3. The van der Waals surface area contributed by atoms with Gasteiger partial charge in [-0.3, -0.25) is 9.88 Å². The van der Waals surface area contributed by atoms with Gasteiger partial charge in [-0.05, 0) is 81.3 Å². The van der Waals surface area contributed by atoms with Gasteiger partial charge < -0.3 is 15.0 Å². The van der Waals surface area contributed by atoms with Gasteiger partial charge in [-0.2, -0.15) is 0 Å². The summed E-state index contributed by atoms with van der Waals surface area (Å²) in [5, 5.41) is 5.13. The molecule has 5 nitrogen and oxygen atoms in total. The average molecular weight is 577 g/mol. The third-order valence-corrected chi connectivity index (χ3v) is 9.33. The van der Waals surface area contributed by atoms with E-state index in [1.54, 1.807) is 0 Å². The second-order valence-electron chi connectivity index (χ2n) is 12.3. The number of aryl methyl sites for hydroxylation is 1. The Kier molecular flexibility index (Phi) is 10.1. The molecular formula is C38H48N4O. The van der Waals surface area contributed by atoms with E-state index in [0.717, 1.165) is 50.4 Å². The molecule has 1 saturated heterocycles. The lowest BCUT2D eigenvalue weighted by Gasteiger charge is -2.37. The minimum absolute atomic E-state index is 0.610. The monoisotopic (exact) mass is 576 g/mol. The number of piperazine rings is 1. The Morgan fingerprint density at radius 1 is 0.767 bits per heavy atom. The van der Waals surface area contributed by atoms with E-state index in [-0.39, 0.29) is 0 Å². The third kappa shape index (κ3) is 7.51. The highest BCUT2D eigenvalue weighted by Gasteiger charge is 2.20. The van der Waals surface area contributed by atoms with Crippen LogP contribution in [0.15, 0.2) is 72.8 Å². The number of hydrogen-bond donors (Lipinski definition) is 1. The molecular weight excluding hydrogens is 528 g/mol. The first-order chi connectivity index (χ1) is 21.3. The highest BCUT2D eigenvalue weighted by molar-refractivity contribution is 5.93. The van der Waals surface area contributed by atoms with Crippen LogP contribution in [0, 0.1) is 6.92 Å². The fourth-order valence-electron chi connectivity index (χ4n) is 6.83. The number of hydrogen-bond acceptors (Lipinski definition) is 5. The van der Waals surface area contributed by atoms with Gasteiger partial charge in [0.1, 0.15) is 12.4 Å². The Labute approximate surface area is 258 Å². The molecule has 0 bridgehead atoms. The van der Waals surface area contributed by atoms with E-state index in [0.29, 0.717) is 6.61 Å². The van der Waals surface area contributed by atoms with Crippen molar-refractivity contribution in [2.45, 2.75) is 71.3 Å². The maximum Gasteiger partial charge on any atom is 0.124 e. The molecule has 2 aliphatic rings. The predicted molar refractivity (Wildman–Crippen MR) is 181 cm³/mol. The van der Waals surface area contributed by atoms with Gasteiger partial charge in [-0.15, -0.1) is 0 Å². The van der Waals surface area contributed by atoms with E-state index in [1.807, 2.05) is 6.07 Å². The minimum Gasteiger partial charge on any atom is -0.489 e. The molecule has 226 valence electrons. The molecule has 4 aromatic rings. The zero-order valence-corrected chi connectivity index (χ0v) is 26.0. The molecule has 0 radical (unpaired) electrons. The van der Waals surface area contributed by atoms with E-state index < -0.39 is 0 Å². The number of pyridine rings is 1. The second kappa shape index (κ2) is 14.7. The van der Waals surface area contributed by atoms with Gasteiger partial charge in [0.15, 0.2) is 0 Å². The molecule has 43 heavy (non-hydrogen) atoms. The smallest absolute Gasteiger partial charge is 0.124 e. The van der Waals surface area contributed by atoms with Gasteiger partial charge in [-0.1, -0.05) is 73.9 Å². The number of fused-ring (bicyclic) bond motifs is 2. The van der Waals surface area contributed by atoms with Crippen LogP contribution in [0.1, 0.15) is 67.3 Å². The summed E-state index contributed by atoms with van der Waals surface area (Å²) in [6.45, 7) is 9.54. The summed E-state index contributed by atoms with van der Waals surface area (Å²) in [5.74, 6) is 0.993. The van der Waals surface area contributed by atoms with E-state index in [9.17, 15) is 0 Å². The van der Waals surface area contributed by atoms with Gasteiger partial charge in [0.2, 0.25) is 0 Å². The molecule has 1 aromatic heterocycles. The predicted octanol–water partition coefficient (Wildman–Crippen LogP) is 8.19. The van der Waals surface area contributed by atoms with Crippen molar-refractivity contribution in [1.82, 2.24) is 9.88 Å². The van der Waals surface area contributed by atoms with Crippen LogP contribution in [0.3, 0.4) is 0 Å². The fourth-order valence-corrected chi connectivity index (χ4v) is 6.83. The minimum atomic E-state index is 0.610. The number of nitrogens with one attached hydrogen (secondary N) is 1. The summed E-state index contributed by atoms with van der Waals surface area (Å²) < 4.78 is 6.19. The topological polar surface area (TPSA) is 40.6 Å². The van der Waals surface area contributed by atoms with E-state index >= 15 is 0 Å². The third-order valence-electron chi connectivity index (χ3n) is 9.33. The number of benzene rings is 3. The molecule has 0 amide bonds. The summed E-state index contributed by atoms with van der Waals surface area (Å²) in [4.78, 5) is 10.2. The maximum absolute atomic E-state index is 6.19. The van der Waals surface area contributed by atoms with Crippen molar-refractivity contribution < 1.29 is 4.74 Å². The number of para-hydroxylation sites is 1. The largest absolute Gasteiger partial charge is 0.489 e. The Balaban J connectivity index is 0.882. The number of aromatic nitrogens is 1. The van der Waals surface area contributed by atoms with Crippen molar-refractivity contribution in [2.24, 2.45) is 0 Å². The summed E-state index contributed by atoms with van der Waals surface area (Å²) in [6.07, 6.45) is 11.3. The molecule has 5 heteroatoms. The van der Waals surface area contributed by atoms with Crippen molar-refractivity contribution in [3.05, 3.63) is 95.2 Å². The van der Waals surface area contributed by atoms with Crippen LogP contribution in [-0.2, 0) is 19.4 Å². The SMILES string of the molecule is Cc1c(OCc2ccccc2)cccc1N1CCN(CCCCCCCNc2c3c(nc4ccccc24)CCCC3)CC1. The maximum atomic E-state index is 6.19. The Morgan fingerprint density at radius 2 is 1.53 bits per heavy atom. The van der Waals surface area contributed by atoms with Crippen LogP contribution in [0.25, 0.3) is 10.9 Å². The van der Waals surface area contributed by atoms with Crippen LogP contribution >= 0.6 is 0 Å². The van der Waals surface area contributed by atoms with Gasteiger partial charge in [-0.25, -0.2) is 0 Å². The van der Waals surface area contributed by atoms with E-state index in [1.165, 1.54) is 97.1 Å². The molecule has 0 spiro atoms. The molecule has 1 N–H and O–H groups in total. The van der Waals surface area contributed by atoms with Crippen molar-refractivity contribution in [3.8, 4) is 5.75 Å². The Morgan fingerprint density at radius 3 is 2.42 bits per heavy atom. The molecule has 3 aromatic carbocycles. The Hall–Kier alpha value is -3.57. The van der Waals surface area contributed by atoms with Crippen molar-refractivity contribution in [2.75, 3.05) is 49.5 Å². The molecule has 6 rings (SSSR count). The first kappa shape index (κ1) is 29.5. The van der Waals surface area contributed by atoms with E-state index in [4.69, 9.17) is 9.72 Å². The fraction of sp³-hybridized carbons (Fsp3) is 0.447. The number of unbranched alkanes of at least 4 members (excludes halogenated alkanes) is 4. The van der Waals surface area contributed by atoms with Crippen LogP contribution in [0.4, 0.5) is 11.4 Å². The van der Waals surface area contributed by atoms with Crippen molar-refractivity contribution in [3.63, 3.8) is 0 Å². The Bertz CT molecular complexity index is 1460. The van der Waals surface area contributed by atoms with Gasteiger partial charge in [0.05, 0.1) is 5.52 Å². The van der Waals surface area contributed by atoms with Gasteiger partial charge in [0.25, 0.3) is 0 Å². The molecule has 1 fully saturated rings. The van der Waals surface area contributed by atoms with Crippen LogP contribution in [0.5, 0.6) is 5.75 Å².